The summed E-state index contributed by atoms with van der Waals surface area (Å²) in [5.41, 5.74) is 0.0209. The maximum absolute atomic E-state index is 13.9. The first-order valence-electron chi connectivity index (χ1n) is 9.59. The van der Waals surface area contributed by atoms with Crippen LogP contribution in [0.25, 0.3) is 11.3 Å². The molecule has 0 saturated heterocycles. The molecule has 1 saturated carbocycles. The number of rotatable bonds is 5. The summed E-state index contributed by atoms with van der Waals surface area (Å²) in [6, 6.07) is 17.3. The van der Waals surface area contributed by atoms with E-state index < -0.39 is 35.0 Å². The Balaban J connectivity index is 1.66. The van der Waals surface area contributed by atoms with Gasteiger partial charge in [0.15, 0.2) is 6.73 Å². The van der Waals surface area contributed by atoms with Crippen LogP contribution in [0.2, 0.25) is 5.02 Å². The number of halogens is 5. The van der Waals surface area contributed by atoms with E-state index in [-0.39, 0.29) is 17.2 Å². The molecule has 0 amide bonds. The highest BCUT2D eigenvalue weighted by Crippen LogP contribution is 2.48. The van der Waals surface area contributed by atoms with Crippen LogP contribution < -0.4 is 0 Å². The summed E-state index contributed by atoms with van der Waals surface area (Å²) in [5.74, 6) is -0.981. The number of nitriles is 1. The molecule has 1 fully saturated rings. The number of hydrogen-bond acceptors (Lipinski definition) is 3. The maximum atomic E-state index is 13.9. The molecule has 32 heavy (non-hydrogen) atoms. The Labute approximate surface area is 195 Å². The second-order valence-electron chi connectivity index (χ2n) is 7.38. The van der Waals surface area contributed by atoms with Crippen LogP contribution in [-0.4, -0.2) is 10.5 Å². The van der Waals surface area contributed by atoms with Crippen molar-refractivity contribution in [2.75, 3.05) is 0 Å². The number of nitrogens with zero attached hydrogens (tertiary/aromatic N) is 2. The van der Waals surface area contributed by atoms with Crippen molar-refractivity contribution in [3.8, 4) is 17.3 Å². The minimum Gasteiger partial charge on any atom is -0.444 e. The van der Waals surface area contributed by atoms with E-state index in [0.29, 0.717) is 17.0 Å². The van der Waals surface area contributed by atoms with Gasteiger partial charge in [0.25, 0.3) is 0 Å². The quantitative estimate of drug-likeness (QED) is 0.347. The molecule has 0 aliphatic heterocycles. The first-order chi connectivity index (χ1) is 15.2. The van der Waals surface area contributed by atoms with Crippen molar-refractivity contribution in [3.05, 3.63) is 80.9 Å². The van der Waals surface area contributed by atoms with Crippen molar-refractivity contribution < 1.29 is 22.7 Å². The monoisotopic (exact) mass is 522 g/mol. The molecule has 1 aliphatic rings. The lowest BCUT2D eigenvalue weighted by atomic mass is 10.1. The number of carbonyl (C=O) groups is 1. The van der Waals surface area contributed by atoms with Crippen molar-refractivity contribution in [2.45, 2.75) is 25.2 Å². The SMILES string of the molecule is N#Cc1c(Br)c(C(F)(F)F)n(COC(=O)C2CC2c2ccccc2)c1-c1ccc(Cl)cc1. The van der Waals surface area contributed by atoms with Crippen molar-refractivity contribution in [2.24, 2.45) is 5.92 Å². The van der Waals surface area contributed by atoms with Crippen molar-refractivity contribution in [1.29, 1.82) is 5.26 Å². The molecule has 2 aromatic carbocycles. The minimum absolute atomic E-state index is 0.00686. The Morgan fingerprint density at radius 2 is 1.84 bits per heavy atom. The summed E-state index contributed by atoms with van der Waals surface area (Å²) < 4.78 is 47.3. The molecule has 4 nitrogen and oxygen atoms in total. The zero-order valence-corrected chi connectivity index (χ0v) is 18.7. The molecule has 0 radical (unpaired) electrons. The molecule has 1 aromatic heterocycles. The van der Waals surface area contributed by atoms with Gasteiger partial charge in [-0.3, -0.25) is 4.79 Å². The van der Waals surface area contributed by atoms with Crippen molar-refractivity contribution >= 4 is 33.5 Å². The average Bonchev–Trinajstić information content (AvgIpc) is 3.50. The van der Waals surface area contributed by atoms with E-state index in [4.69, 9.17) is 16.3 Å². The van der Waals surface area contributed by atoms with Crippen LogP contribution in [0, 0.1) is 17.2 Å². The lowest BCUT2D eigenvalue weighted by Gasteiger charge is -2.16. The second-order valence-corrected chi connectivity index (χ2v) is 8.61. The number of aromatic nitrogens is 1. The zero-order chi connectivity index (χ0) is 23.0. The van der Waals surface area contributed by atoms with Gasteiger partial charge in [0, 0.05) is 5.02 Å². The lowest BCUT2D eigenvalue weighted by molar-refractivity contribution is -0.156. The minimum atomic E-state index is -4.78. The third-order valence-electron chi connectivity index (χ3n) is 5.36. The molecule has 4 rings (SSSR count). The highest BCUT2D eigenvalue weighted by atomic mass is 79.9. The fourth-order valence-corrected chi connectivity index (χ4v) is 4.60. The van der Waals surface area contributed by atoms with Crippen molar-refractivity contribution in [1.82, 2.24) is 4.57 Å². The van der Waals surface area contributed by atoms with E-state index in [1.807, 2.05) is 36.4 Å². The Morgan fingerprint density at radius 3 is 2.44 bits per heavy atom. The van der Waals surface area contributed by atoms with Gasteiger partial charge >= 0.3 is 12.1 Å². The number of hydrogen-bond donors (Lipinski definition) is 0. The van der Waals surface area contributed by atoms with Gasteiger partial charge in [-0.15, -0.1) is 0 Å². The lowest BCUT2D eigenvalue weighted by Crippen LogP contribution is -2.19. The predicted octanol–water partition coefficient (Wildman–Crippen LogP) is 6.77. The van der Waals surface area contributed by atoms with Crippen molar-refractivity contribution in [3.63, 3.8) is 0 Å². The summed E-state index contributed by atoms with van der Waals surface area (Å²) >= 11 is 8.82. The number of carbonyl (C=O) groups excluding carboxylic acids is 1. The number of esters is 1. The van der Waals surface area contributed by atoms with E-state index in [1.165, 1.54) is 24.3 Å². The van der Waals surface area contributed by atoms with Crippen LogP contribution in [-0.2, 0) is 22.4 Å². The molecule has 0 N–H and O–H groups in total. The van der Waals surface area contributed by atoms with Gasteiger partial charge in [-0.1, -0.05) is 54.1 Å². The molecular formula is C23H15BrClF3N2O2. The normalized spacial score (nSPS) is 17.6. The Bertz CT molecular complexity index is 1200. The van der Waals surface area contributed by atoms with Crippen LogP contribution in [0.5, 0.6) is 0 Å². The maximum Gasteiger partial charge on any atom is 0.432 e. The number of alkyl halides is 3. The van der Waals surface area contributed by atoms with Crippen LogP contribution >= 0.6 is 27.5 Å². The Morgan fingerprint density at radius 1 is 1.19 bits per heavy atom. The van der Waals surface area contributed by atoms with Crippen LogP contribution in [0.3, 0.4) is 0 Å². The van der Waals surface area contributed by atoms with Crippen LogP contribution in [0.4, 0.5) is 13.2 Å². The van der Waals surface area contributed by atoms with Gasteiger partial charge < -0.3 is 9.30 Å². The topological polar surface area (TPSA) is 55.0 Å². The molecule has 1 aliphatic carbocycles. The smallest absolute Gasteiger partial charge is 0.432 e. The van der Waals surface area contributed by atoms with Gasteiger partial charge in [0.05, 0.1) is 21.6 Å². The molecule has 0 spiro atoms. The standard InChI is InChI=1S/C23H15BrClF3N2O2/c24-19-18(11-29)20(14-6-8-15(25)9-7-14)30(21(19)23(26,27)28)12-32-22(31)17-10-16(17)13-4-2-1-3-5-13/h1-9,16-17H,10,12H2. The van der Waals surface area contributed by atoms with E-state index >= 15 is 0 Å². The van der Waals surface area contributed by atoms with E-state index in [0.717, 1.165) is 10.1 Å². The molecule has 2 unspecified atom stereocenters. The number of ether oxygens (including phenoxy) is 1. The molecule has 2 atom stereocenters. The van der Waals surface area contributed by atoms with Gasteiger partial charge in [0.2, 0.25) is 0 Å². The first-order valence-corrected chi connectivity index (χ1v) is 10.8. The van der Waals surface area contributed by atoms with Gasteiger partial charge in [0.1, 0.15) is 11.8 Å². The van der Waals surface area contributed by atoms with E-state index in [2.05, 4.69) is 15.9 Å². The predicted molar refractivity (Wildman–Crippen MR) is 116 cm³/mol. The third kappa shape index (κ3) is 4.27. The molecule has 164 valence electrons. The first kappa shape index (κ1) is 22.4. The number of benzene rings is 2. The van der Waals surface area contributed by atoms with Gasteiger partial charge in [-0.25, -0.2) is 0 Å². The van der Waals surface area contributed by atoms with E-state index in [9.17, 15) is 23.2 Å². The summed E-state index contributed by atoms with van der Waals surface area (Å²) in [4.78, 5) is 12.6. The zero-order valence-electron chi connectivity index (χ0n) is 16.4. The Kier molecular flexibility index (Phi) is 6.06. The van der Waals surface area contributed by atoms with E-state index in [1.54, 1.807) is 0 Å². The van der Waals surface area contributed by atoms with Gasteiger partial charge in [-0.2, -0.15) is 18.4 Å². The largest absolute Gasteiger partial charge is 0.444 e. The third-order valence-corrected chi connectivity index (χ3v) is 6.38. The van der Waals surface area contributed by atoms with Gasteiger partial charge in [-0.05, 0) is 51.5 Å². The summed E-state index contributed by atoms with van der Waals surface area (Å²) in [5, 5.41) is 9.96. The highest BCUT2D eigenvalue weighted by molar-refractivity contribution is 9.10. The fraction of sp³-hybridized carbons (Fsp3) is 0.217. The second kappa shape index (κ2) is 8.64. The summed E-state index contributed by atoms with van der Waals surface area (Å²) in [6.45, 7) is -0.677. The highest BCUT2D eigenvalue weighted by Gasteiger charge is 2.46. The summed E-state index contributed by atoms with van der Waals surface area (Å²) in [6.07, 6.45) is -4.20. The van der Waals surface area contributed by atoms with Crippen LogP contribution in [0.1, 0.15) is 29.2 Å². The summed E-state index contributed by atoms with van der Waals surface area (Å²) in [7, 11) is 0. The van der Waals surface area contributed by atoms with Crippen LogP contribution in [0.15, 0.2) is 59.1 Å². The average molecular weight is 524 g/mol. The Hall–Kier alpha value is -2.76. The molecule has 3 aromatic rings. The molecule has 0 bridgehead atoms. The fourth-order valence-electron chi connectivity index (χ4n) is 3.76. The molecular weight excluding hydrogens is 509 g/mol. The molecule has 9 heteroatoms. The molecule has 1 heterocycles.